The summed E-state index contributed by atoms with van der Waals surface area (Å²) in [5.41, 5.74) is 1.76. The van der Waals surface area contributed by atoms with Gasteiger partial charge in [0.25, 0.3) is 0 Å². The summed E-state index contributed by atoms with van der Waals surface area (Å²) >= 11 is 0. The van der Waals surface area contributed by atoms with Gasteiger partial charge in [-0.2, -0.15) is 0 Å². The summed E-state index contributed by atoms with van der Waals surface area (Å²) in [4.78, 5) is 10.6. The van der Waals surface area contributed by atoms with Crippen LogP contribution in [0.15, 0.2) is 0 Å². The Labute approximate surface area is 54.0 Å². The number of carbonyl (C=O) groups is 1. The molecule has 52 valence electrons. The fourth-order valence-corrected chi connectivity index (χ4v) is 0.993. The molecular formula is C6H11NO2. The second kappa shape index (κ2) is 1.70. The van der Waals surface area contributed by atoms with Gasteiger partial charge in [-0.3, -0.25) is 10.0 Å². The summed E-state index contributed by atoms with van der Waals surface area (Å²) in [5, 5.41) is 8.18. The molecule has 0 bridgehead atoms. The van der Waals surface area contributed by atoms with Gasteiger partial charge in [-0.15, -0.1) is 0 Å². The Kier molecular flexibility index (Phi) is 1.24. The standard InChI is InChI=1S/C6H11NO2/c1-6(2)3-4(6)5(8)7-9/h4,9H,3H2,1-2H3,(H,7,8). The molecule has 1 saturated carbocycles. The number of hydroxylamine groups is 1. The number of amides is 1. The Morgan fingerprint density at radius 3 is 2.33 bits per heavy atom. The Morgan fingerprint density at radius 1 is 1.78 bits per heavy atom. The van der Waals surface area contributed by atoms with Crippen LogP contribution in [0.5, 0.6) is 0 Å². The molecule has 0 saturated heterocycles. The quantitative estimate of drug-likeness (QED) is 0.401. The van der Waals surface area contributed by atoms with Crippen molar-refractivity contribution in [1.82, 2.24) is 5.48 Å². The number of nitrogens with one attached hydrogen (secondary N) is 1. The fourth-order valence-electron chi connectivity index (χ4n) is 0.993. The van der Waals surface area contributed by atoms with Gasteiger partial charge in [0.05, 0.1) is 0 Å². The lowest BCUT2D eigenvalue weighted by Crippen LogP contribution is -2.22. The van der Waals surface area contributed by atoms with E-state index in [1.54, 1.807) is 5.48 Å². The van der Waals surface area contributed by atoms with Crippen LogP contribution in [-0.4, -0.2) is 11.1 Å². The van der Waals surface area contributed by atoms with Crippen LogP contribution in [0.25, 0.3) is 0 Å². The number of carbonyl (C=O) groups excluding carboxylic acids is 1. The average Bonchev–Trinajstić information content (AvgIpc) is 2.38. The maximum absolute atomic E-state index is 10.6. The van der Waals surface area contributed by atoms with E-state index in [0.717, 1.165) is 6.42 Å². The highest BCUT2D eigenvalue weighted by atomic mass is 16.5. The van der Waals surface area contributed by atoms with Gasteiger partial charge in [0, 0.05) is 5.92 Å². The molecule has 1 aliphatic rings. The minimum Gasteiger partial charge on any atom is -0.289 e. The molecule has 1 atom stereocenters. The van der Waals surface area contributed by atoms with E-state index in [9.17, 15) is 4.79 Å². The van der Waals surface area contributed by atoms with Crippen molar-refractivity contribution in [3.63, 3.8) is 0 Å². The summed E-state index contributed by atoms with van der Waals surface area (Å²) in [6.07, 6.45) is 0.888. The van der Waals surface area contributed by atoms with Gasteiger partial charge >= 0.3 is 0 Å². The number of hydrogen-bond donors (Lipinski definition) is 2. The van der Waals surface area contributed by atoms with E-state index in [-0.39, 0.29) is 17.2 Å². The molecule has 0 aromatic rings. The molecule has 1 fully saturated rings. The first-order chi connectivity index (χ1) is 4.08. The summed E-state index contributed by atoms with van der Waals surface area (Å²) in [7, 11) is 0. The zero-order chi connectivity index (χ0) is 7.07. The molecule has 0 aliphatic heterocycles. The summed E-state index contributed by atoms with van der Waals surface area (Å²) in [6.45, 7) is 4.01. The van der Waals surface area contributed by atoms with Crippen LogP contribution >= 0.6 is 0 Å². The van der Waals surface area contributed by atoms with Crippen molar-refractivity contribution in [2.45, 2.75) is 20.3 Å². The molecule has 3 nitrogen and oxygen atoms in total. The molecule has 1 rings (SSSR count). The van der Waals surface area contributed by atoms with Crippen LogP contribution < -0.4 is 5.48 Å². The summed E-state index contributed by atoms with van der Waals surface area (Å²) < 4.78 is 0. The van der Waals surface area contributed by atoms with Gasteiger partial charge in [0.15, 0.2) is 0 Å². The van der Waals surface area contributed by atoms with Gasteiger partial charge in [-0.05, 0) is 11.8 Å². The maximum Gasteiger partial charge on any atom is 0.247 e. The topological polar surface area (TPSA) is 49.3 Å². The molecule has 9 heavy (non-hydrogen) atoms. The van der Waals surface area contributed by atoms with Crippen LogP contribution in [0.3, 0.4) is 0 Å². The zero-order valence-electron chi connectivity index (χ0n) is 5.64. The first kappa shape index (κ1) is 6.55. The predicted octanol–water partition coefficient (Wildman–Crippen LogP) is 0.538. The van der Waals surface area contributed by atoms with Gasteiger partial charge in [-0.25, -0.2) is 5.48 Å². The molecule has 3 heteroatoms. The summed E-state index contributed by atoms with van der Waals surface area (Å²) in [6, 6.07) is 0. The molecule has 1 amide bonds. The number of hydrogen-bond acceptors (Lipinski definition) is 2. The molecule has 2 N–H and O–H groups in total. The first-order valence-electron chi connectivity index (χ1n) is 3.02. The minimum absolute atomic E-state index is 0.0301. The Morgan fingerprint density at radius 2 is 2.22 bits per heavy atom. The SMILES string of the molecule is CC1(C)CC1C(=O)NO. The van der Waals surface area contributed by atoms with E-state index in [1.807, 2.05) is 13.8 Å². The average molecular weight is 129 g/mol. The van der Waals surface area contributed by atoms with Crippen LogP contribution in [-0.2, 0) is 4.79 Å². The normalized spacial score (nSPS) is 29.4. The van der Waals surface area contributed by atoms with Crippen LogP contribution in [0.4, 0.5) is 0 Å². The van der Waals surface area contributed by atoms with E-state index < -0.39 is 0 Å². The zero-order valence-corrected chi connectivity index (χ0v) is 5.64. The van der Waals surface area contributed by atoms with Crippen LogP contribution in [0, 0.1) is 11.3 Å². The predicted molar refractivity (Wildman–Crippen MR) is 31.8 cm³/mol. The molecule has 0 heterocycles. The van der Waals surface area contributed by atoms with Crippen molar-refractivity contribution < 1.29 is 10.0 Å². The Bertz CT molecular complexity index is 142. The van der Waals surface area contributed by atoms with Crippen molar-refractivity contribution in [3.8, 4) is 0 Å². The lowest BCUT2D eigenvalue weighted by atomic mass is 10.1. The van der Waals surface area contributed by atoms with Crippen LogP contribution in [0.1, 0.15) is 20.3 Å². The van der Waals surface area contributed by atoms with E-state index in [2.05, 4.69) is 0 Å². The van der Waals surface area contributed by atoms with E-state index in [4.69, 9.17) is 5.21 Å². The molecule has 0 aromatic heterocycles. The maximum atomic E-state index is 10.6. The van der Waals surface area contributed by atoms with E-state index in [1.165, 1.54) is 0 Å². The monoisotopic (exact) mass is 129 g/mol. The Hall–Kier alpha value is -0.570. The first-order valence-corrected chi connectivity index (χ1v) is 3.02. The highest BCUT2D eigenvalue weighted by Gasteiger charge is 2.50. The third kappa shape index (κ3) is 1.05. The molecule has 1 unspecified atom stereocenters. The third-order valence-corrected chi connectivity index (χ3v) is 1.94. The molecular weight excluding hydrogens is 118 g/mol. The molecule has 1 aliphatic carbocycles. The lowest BCUT2D eigenvalue weighted by molar-refractivity contribution is -0.131. The highest BCUT2D eigenvalue weighted by molar-refractivity contribution is 5.81. The van der Waals surface area contributed by atoms with Gasteiger partial charge < -0.3 is 0 Å². The highest BCUT2D eigenvalue weighted by Crippen LogP contribution is 2.51. The molecule has 0 aromatic carbocycles. The van der Waals surface area contributed by atoms with Crippen molar-refractivity contribution in [3.05, 3.63) is 0 Å². The van der Waals surface area contributed by atoms with Gasteiger partial charge in [0.2, 0.25) is 5.91 Å². The summed E-state index contributed by atoms with van der Waals surface area (Å²) in [5.74, 6) is -0.220. The largest absolute Gasteiger partial charge is 0.289 e. The van der Waals surface area contributed by atoms with Crippen molar-refractivity contribution in [2.75, 3.05) is 0 Å². The Balaban J connectivity index is 2.42. The molecule has 0 radical (unpaired) electrons. The van der Waals surface area contributed by atoms with Crippen molar-refractivity contribution in [2.24, 2.45) is 11.3 Å². The van der Waals surface area contributed by atoms with E-state index >= 15 is 0 Å². The minimum atomic E-state index is -0.250. The van der Waals surface area contributed by atoms with Crippen LogP contribution in [0.2, 0.25) is 0 Å². The van der Waals surface area contributed by atoms with Crippen molar-refractivity contribution in [1.29, 1.82) is 0 Å². The number of rotatable bonds is 1. The second-order valence-corrected chi connectivity index (χ2v) is 3.22. The van der Waals surface area contributed by atoms with Gasteiger partial charge in [0.1, 0.15) is 0 Å². The fraction of sp³-hybridized carbons (Fsp3) is 0.833. The smallest absolute Gasteiger partial charge is 0.247 e. The van der Waals surface area contributed by atoms with E-state index in [0.29, 0.717) is 0 Å². The second-order valence-electron chi connectivity index (χ2n) is 3.22. The third-order valence-electron chi connectivity index (χ3n) is 1.94. The van der Waals surface area contributed by atoms with Crippen molar-refractivity contribution >= 4 is 5.91 Å². The van der Waals surface area contributed by atoms with Gasteiger partial charge in [-0.1, -0.05) is 13.8 Å². The lowest BCUT2D eigenvalue weighted by Gasteiger charge is -1.98. The molecule has 0 spiro atoms.